The number of pyridine rings is 2. The summed E-state index contributed by atoms with van der Waals surface area (Å²) in [5, 5.41) is 1.07. The van der Waals surface area contributed by atoms with Crippen molar-refractivity contribution in [3.8, 4) is 11.4 Å². The van der Waals surface area contributed by atoms with Gasteiger partial charge in [0.1, 0.15) is 6.10 Å². The average molecular weight is 643 g/mol. The molecule has 7 nitrogen and oxygen atoms in total. The lowest BCUT2D eigenvalue weighted by Gasteiger charge is -2.40. The molecule has 1 atom stereocenters. The maximum atomic E-state index is 13.4. The van der Waals surface area contributed by atoms with Crippen LogP contribution >= 0.6 is 24.0 Å². The van der Waals surface area contributed by atoms with E-state index >= 15 is 0 Å². The van der Waals surface area contributed by atoms with Gasteiger partial charge in [-0.05, 0) is 70.3 Å². The Kier molecular flexibility index (Phi) is 8.73. The summed E-state index contributed by atoms with van der Waals surface area (Å²) < 4.78 is 7.83. The fourth-order valence-electron chi connectivity index (χ4n) is 6.60. The number of hydrogen-bond acceptors (Lipinski definition) is 6. The van der Waals surface area contributed by atoms with Crippen molar-refractivity contribution >= 4 is 40.8 Å². The molecule has 0 saturated carbocycles. The number of aromatic nitrogens is 2. The van der Waals surface area contributed by atoms with E-state index in [4.69, 9.17) is 9.72 Å². The van der Waals surface area contributed by atoms with Crippen molar-refractivity contribution in [1.29, 1.82) is 0 Å². The summed E-state index contributed by atoms with van der Waals surface area (Å²) >= 11 is 0. The molecule has 0 bridgehead atoms. The molecular weight excluding hydrogens is 603 g/mol. The highest BCUT2D eigenvalue weighted by molar-refractivity contribution is 14.0. The predicted octanol–water partition coefficient (Wildman–Crippen LogP) is 5.30. The molecule has 1 aromatic carbocycles. The van der Waals surface area contributed by atoms with Gasteiger partial charge >= 0.3 is 5.97 Å². The number of para-hydroxylation sites is 1. The lowest BCUT2D eigenvalue weighted by atomic mass is 10.00. The second kappa shape index (κ2) is 12.1. The summed E-state index contributed by atoms with van der Waals surface area (Å²) in [7, 11) is 0. The summed E-state index contributed by atoms with van der Waals surface area (Å²) in [5.74, 6) is -0.210. The van der Waals surface area contributed by atoms with Crippen LogP contribution in [0.15, 0.2) is 41.2 Å². The Morgan fingerprint density at radius 3 is 2.56 bits per heavy atom. The van der Waals surface area contributed by atoms with Gasteiger partial charge in [0.05, 0.1) is 30.0 Å². The van der Waals surface area contributed by atoms with Crippen LogP contribution in [0.5, 0.6) is 0 Å². The zero-order valence-corrected chi connectivity index (χ0v) is 25.4. The normalized spacial score (nSPS) is 18.8. The third kappa shape index (κ3) is 5.65. The largest absolute Gasteiger partial charge is 0.457 e. The number of esters is 1. The lowest BCUT2D eigenvalue weighted by Crippen LogP contribution is -2.47. The number of ether oxygens (including phenoxy) is 1. The molecule has 0 aliphatic carbocycles. The van der Waals surface area contributed by atoms with Crippen LogP contribution in [0.1, 0.15) is 68.2 Å². The highest BCUT2D eigenvalue weighted by Gasteiger charge is 2.29. The maximum absolute atomic E-state index is 13.4. The quantitative estimate of drug-likeness (QED) is 0.210. The van der Waals surface area contributed by atoms with E-state index in [9.17, 15) is 9.59 Å². The van der Waals surface area contributed by atoms with E-state index in [2.05, 4.69) is 15.9 Å². The molecule has 0 N–H and O–H groups in total. The highest BCUT2D eigenvalue weighted by atomic mass is 127. The molecule has 3 aliphatic rings. The molecule has 2 saturated heterocycles. The molecule has 39 heavy (non-hydrogen) atoms. The van der Waals surface area contributed by atoms with Crippen molar-refractivity contribution in [3.63, 3.8) is 0 Å². The topological polar surface area (TPSA) is 67.7 Å². The third-order valence-corrected chi connectivity index (χ3v) is 8.76. The van der Waals surface area contributed by atoms with E-state index in [0.717, 1.165) is 59.3 Å². The maximum Gasteiger partial charge on any atom is 0.320 e. The summed E-state index contributed by atoms with van der Waals surface area (Å²) in [6.45, 7) is 8.99. The molecule has 2 fully saturated rings. The minimum atomic E-state index is -0.448. The number of likely N-dealkylation sites (tertiary alicyclic amines) is 2. The fraction of sp³-hybridized carbons (Fsp3) is 0.516. The predicted molar refractivity (Wildman–Crippen MR) is 165 cm³/mol. The Morgan fingerprint density at radius 2 is 1.82 bits per heavy atom. The van der Waals surface area contributed by atoms with Gasteiger partial charge in [-0.1, -0.05) is 31.5 Å². The molecule has 3 aromatic rings. The Hall–Kier alpha value is -2.30. The van der Waals surface area contributed by atoms with Gasteiger partial charge in [-0.15, -0.1) is 24.0 Å². The van der Waals surface area contributed by atoms with Crippen molar-refractivity contribution in [2.45, 2.75) is 71.1 Å². The smallest absolute Gasteiger partial charge is 0.320 e. The van der Waals surface area contributed by atoms with E-state index in [1.807, 2.05) is 44.2 Å². The summed E-state index contributed by atoms with van der Waals surface area (Å²) in [4.78, 5) is 36.2. The molecule has 3 aliphatic heterocycles. The molecule has 1 unspecified atom stereocenters. The van der Waals surface area contributed by atoms with E-state index in [1.54, 1.807) is 4.57 Å². The number of benzene rings is 1. The van der Waals surface area contributed by atoms with Crippen molar-refractivity contribution < 1.29 is 9.53 Å². The molecule has 5 heterocycles. The van der Waals surface area contributed by atoms with Crippen LogP contribution in [0.25, 0.3) is 22.3 Å². The number of nitrogens with zero attached hydrogens (tertiary/aromatic N) is 4. The third-order valence-electron chi connectivity index (χ3n) is 8.76. The van der Waals surface area contributed by atoms with E-state index < -0.39 is 6.10 Å². The van der Waals surface area contributed by atoms with Gasteiger partial charge in [-0.2, -0.15) is 0 Å². The monoisotopic (exact) mass is 642 g/mol. The first-order valence-corrected chi connectivity index (χ1v) is 14.3. The molecule has 0 spiro atoms. The van der Waals surface area contributed by atoms with Crippen LogP contribution in [0.3, 0.4) is 0 Å². The van der Waals surface area contributed by atoms with Crippen LogP contribution < -0.4 is 5.56 Å². The standard InChI is InChI=1S/C31H38N4O3.HI/c1-3-28(38-29(36)20-33-15-11-24(12-16-33)34-13-7-4-8-14-34)25-18-27-30-23(19-35(27)31(37)21(25)2)17-22-9-5-6-10-26(22)32-30;/h5-6,9-10,17-18,24,28H,3-4,7-8,11-16,19-20H2,1-2H3;1H. The number of piperidine rings is 2. The molecule has 208 valence electrons. The van der Waals surface area contributed by atoms with Crippen molar-refractivity contribution in [3.05, 3.63) is 63.4 Å². The minimum absolute atomic E-state index is 0. The van der Waals surface area contributed by atoms with Crippen LogP contribution in [0.4, 0.5) is 0 Å². The second-order valence-corrected chi connectivity index (χ2v) is 11.2. The van der Waals surface area contributed by atoms with E-state index in [1.165, 1.54) is 32.4 Å². The summed E-state index contributed by atoms with van der Waals surface area (Å²) in [6, 6.07) is 12.8. The van der Waals surface area contributed by atoms with Crippen molar-refractivity contribution in [2.75, 3.05) is 32.7 Å². The zero-order valence-electron chi connectivity index (χ0n) is 23.0. The lowest BCUT2D eigenvalue weighted by molar-refractivity contribution is -0.151. The Labute approximate surface area is 247 Å². The van der Waals surface area contributed by atoms with Gasteiger partial charge < -0.3 is 14.2 Å². The SMILES string of the molecule is CCC(OC(=O)CN1CCC(N2CCCCC2)CC1)c1cc2n(c(=O)c1C)Cc1cc3ccccc3nc1-2.I. The number of hydrogen-bond donors (Lipinski definition) is 0. The Bertz CT molecular complexity index is 1410. The number of carbonyl (C=O) groups excluding carboxylic acids is 1. The molecular formula is C31H39IN4O3. The van der Waals surface area contributed by atoms with Crippen LogP contribution in [-0.2, 0) is 16.1 Å². The fourth-order valence-corrected chi connectivity index (χ4v) is 6.60. The molecule has 8 heteroatoms. The summed E-state index contributed by atoms with van der Waals surface area (Å²) in [6.07, 6.45) is 6.39. The van der Waals surface area contributed by atoms with Gasteiger partial charge in [-0.25, -0.2) is 4.98 Å². The minimum Gasteiger partial charge on any atom is -0.457 e. The van der Waals surface area contributed by atoms with Crippen LogP contribution in [-0.4, -0.2) is 64.1 Å². The zero-order chi connectivity index (χ0) is 26.2. The van der Waals surface area contributed by atoms with Gasteiger partial charge in [0.15, 0.2) is 0 Å². The molecule has 6 rings (SSSR count). The number of rotatable bonds is 6. The van der Waals surface area contributed by atoms with Crippen molar-refractivity contribution in [1.82, 2.24) is 19.4 Å². The van der Waals surface area contributed by atoms with Crippen molar-refractivity contribution in [2.24, 2.45) is 0 Å². The van der Waals surface area contributed by atoms with Crippen LogP contribution in [0, 0.1) is 6.92 Å². The Morgan fingerprint density at radius 1 is 1.08 bits per heavy atom. The first-order chi connectivity index (χ1) is 18.5. The first-order valence-electron chi connectivity index (χ1n) is 14.3. The van der Waals surface area contributed by atoms with Gasteiger partial charge in [0, 0.05) is 41.2 Å². The summed E-state index contributed by atoms with van der Waals surface area (Å²) in [5.41, 5.74) is 5.03. The van der Waals surface area contributed by atoms with E-state index in [-0.39, 0.29) is 35.5 Å². The number of fused-ring (bicyclic) bond motifs is 4. The first kappa shape index (κ1) is 28.2. The Balaban J connectivity index is 0.00000308. The highest BCUT2D eigenvalue weighted by Crippen LogP contribution is 2.35. The van der Waals surface area contributed by atoms with E-state index in [0.29, 0.717) is 31.1 Å². The average Bonchev–Trinajstić information content (AvgIpc) is 3.31. The second-order valence-electron chi connectivity index (χ2n) is 11.2. The van der Waals surface area contributed by atoms with Crippen LogP contribution in [0.2, 0.25) is 0 Å². The molecule has 0 amide bonds. The van der Waals surface area contributed by atoms with Gasteiger partial charge in [-0.3, -0.25) is 14.5 Å². The number of halogens is 1. The molecule has 2 aromatic heterocycles. The number of carbonyl (C=O) groups is 1. The van der Waals surface area contributed by atoms with Gasteiger partial charge in [0.25, 0.3) is 5.56 Å². The molecule has 0 radical (unpaired) electrons. The van der Waals surface area contributed by atoms with Gasteiger partial charge in [0.2, 0.25) is 0 Å².